The van der Waals surface area contributed by atoms with Crippen molar-refractivity contribution in [2.45, 2.75) is 32.9 Å². The van der Waals surface area contributed by atoms with Crippen molar-refractivity contribution < 1.29 is 22.6 Å². The number of nitrogens with zero attached hydrogens (tertiary/aromatic N) is 2. The molecule has 29 heavy (non-hydrogen) atoms. The second-order valence-corrected chi connectivity index (χ2v) is 9.53. The molecule has 3 rings (SSSR count). The first-order valence-electron chi connectivity index (χ1n) is 9.17. The maximum Gasteiger partial charge on any atom is 0.293 e. The first kappa shape index (κ1) is 21.0. The summed E-state index contributed by atoms with van der Waals surface area (Å²) in [7, 11) is -3.14. The van der Waals surface area contributed by atoms with Gasteiger partial charge in [-0.05, 0) is 49.6 Å². The molecule has 1 amide bonds. The number of anilines is 1. The number of aryl methyl sites for hydroxylation is 2. The molecule has 0 aliphatic carbocycles. The minimum absolute atomic E-state index is 0.0230. The average molecular weight is 421 g/mol. The summed E-state index contributed by atoms with van der Waals surface area (Å²) in [4.78, 5) is 25.2. The molecular weight excluding hydrogens is 398 g/mol. The molecule has 9 nitrogen and oxygen atoms in total. The molecule has 1 aromatic heterocycles. The number of hydrogen-bond acceptors (Lipinski definition) is 7. The van der Waals surface area contributed by atoms with Crippen LogP contribution in [0.5, 0.6) is 0 Å². The van der Waals surface area contributed by atoms with Gasteiger partial charge in [0, 0.05) is 12.1 Å². The number of hydrogen-bond donors (Lipinski definition) is 1. The van der Waals surface area contributed by atoms with Crippen LogP contribution in [-0.2, 0) is 21.2 Å². The van der Waals surface area contributed by atoms with Crippen LogP contribution in [0, 0.1) is 24.0 Å². The van der Waals surface area contributed by atoms with Gasteiger partial charge in [-0.2, -0.15) is 0 Å². The Bertz CT molecular complexity index is 1020. The zero-order valence-electron chi connectivity index (χ0n) is 16.3. The van der Waals surface area contributed by atoms with Crippen molar-refractivity contribution in [3.05, 3.63) is 57.5 Å². The normalized spacial score (nSPS) is 18.1. The lowest BCUT2D eigenvalue weighted by atomic mass is 10.1. The minimum atomic E-state index is -3.14. The van der Waals surface area contributed by atoms with E-state index in [9.17, 15) is 23.3 Å². The molecule has 1 aliphatic heterocycles. The Hall–Kier alpha value is -2.72. The summed E-state index contributed by atoms with van der Waals surface area (Å²) in [5.41, 5.74) is 1.52. The number of nitro benzene ring substituents is 1. The number of furan rings is 1. The van der Waals surface area contributed by atoms with Gasteiger partial charge in [0.05, 0.1) is 35.8 Å². The van der Waals surface area contributed by atoms with Crippen molar-refractivity contribution in [2.75, 3.05) is 23.4 Å². The molecule has 1 atom stereocenters. The van der Waals surface area contributed by atoms with Crippen molar-refractivity contribution in [2.24, 2.45) is 0 Å². The van der Waals surface area contributed by atoms with Gasteiger partial charge < -0.3 is 9.73 Å². The van der Waals surface area contributed by atoms with Gasteiger partial charge in [-0.1, -0.05) is 0 Å². The lowest BCUT2D eigenvalue weighted by Crippen LogP contribution is -2.41. The molecular formula is C19H23N3O6S. The molecule has 0 bridgehead atoms. The Morgan fingerprint density at radius 3 is 2.66 bits per heavy atom. The van der Waals surface area contributed by atoms with E-state index in [1.165, 1.54) is 12.3 Å². The predicted molar refractivity (Wildman–Crippen MR) is 107 cm³/mol. The highest BCUT2D eigenvalue weighted by molar-refractivity contribution is 7.91. The highest BCUT2D eigenvalue weighted by atomic mass is 32.2. The predicted octanol–water partition coefficient (Wildman–Crippen LogP) is 2.43. The maximum atomic E-state index is 12.7. The van der Waals surface area contributed by atoms with Crippen molar-refractivity contribution in [3.63, 3.8) is 0 Å². The number of amides is 1. The lowest BCUT2D eigenvalue weighted by molar-refractivity contribution is -0.384. The Morgan fingerprint density at radius 2 is 2.07 bits per heavy atom. The van der Waals surface area contributed by atoms with Gasteiger partial charge in [-0.15, -0.1) is 0 Å². The fourth-order valence-corrected chi connectivity index (χ4v) is 5.17. The van der Waals surface area contributed by atoms with Crippen molar-refractivity contribution >= 4 is 27.1 Å². The fourth-order valence-electron chi connectivity index (χ4n) is 3.41. The Balaban J connectivity index is 1.78. The minimum Gasteiger partial charge on any atom is -0.468 e. The van der Waals surface area contributed by atoms with Gasteiger partial charge in [0.25, 0.3) is 5.69 Å². The van der Waals surface area contributed by atoms with Gasteiger partial charge in [-0.25, -0.2) is 8.42 Å². The Labute approximate surface area is 168 Å². The van der Waals surface area contributed by atoms with E-state index >= 15 is 0 Å². The van der Waals surface area contributed by atoms with Crippen molar-refractivity contribution in [1.29, 1.82) is 0 Å². The van der Waals surface area contributed by atoms with E-state index in [2.05, 4.69) is 5.32 Å². The summed E-state index contributed by atoms with van der Waals surface area (Å²) in [6, 6.07) is 6.16. The zero-order valence-corrected chi connectivity index (χ0v) is 17.1. The van der Waals surface area contributed by atoms with Crippen molar-refractivity contribution in [1.82, 2.24) is 4.90 Å². The average Bonchev–Trinajstić information content (AvgIpc) is 3.26. The molecule has 1 aromatic carbocycles. The van der Waals surface area contributed by atoms with Crippen LogP contribution in [0.25, 0.3) is 0 Å². The summed E-state index contributed by atoms with van der Waals surface area (Å²) < 4.78 is 29.1. The molecule has 0 spiro atoms. The summed E-state index contributed by atoms with van der Waals surface area (Å²) in [6.45, 7) is 3.74. The molecule has 1 aliphatic rings. The molecule has 1 saturated heterocycles. The van der Waals surface area contributed by atoms with E-state index in [0.717, 1.165) is 11.1 Å². The number of carbonyl (C=O) groups excluding carboxylic acids is 1. The fraction of sp³-hybridized carbons (Fsp3) is 0.421. The molecule has 0 saturated carbocycles. The van der Waals surface area contributed by atoms with Crippen LogP contribution >= 0.6 is 0 Å². The topological polar surface area (TPSA) is 123 Å². The van der Waals surface area contributed by atoms with Crippen LogP contribution in [0.4, 0.5) is 11.4 Å². The highest BCUT2D eigenvalue weighted by Crippen LogP contribution is 2.28. The third-order valence-corrected chi connectivity index (χ3v) is 6.84. The highest BCUT2D eigenvalue weighted by Gasteiger charge is 2.33. The van der Waals surface area contributed by atoms with Crippen LogP contribution in [0.3, 0.4) is 0 Å². The zero-order chi connectivity index (χ0) is 21.2. The number of benzene rings is 1. The standard InChI is InChI=1S/C19H23N3O6S/c1-13-8-17(18(22(24)25)9-14(13)2)20-19(23)11-21(10-16-4-3-6-28-16)15-5-7-29(26,27)12-15/h3-4,6,8-9,15H,5,7,10-12H2,1-2H3,(H,20,23)/t15-/m0/s1. The van der Waals surface area contributed by atoms with Gasteiger partial charge in [-0.3, -0.25) is 19.8 Å². The van der Waals surface area contributed by atoms with Crippen LogP contribution in [-0.4, -0.2) is 48.2 Å². The van der Waals surface area contributed by atoms with Crippen molar-refractivity contribution in [3.8, 4) is 0 Å². The van der Waals surface area contributed by atoms with Gasteiger partial charge >= 0.3 is 0 Å². The third-order valence-electron chi connectivity index (χ3n) is 5.09. The monoisotopic (exact) mass is 421 g/mol. The van der Waals surface area contributed by atoms with E-state index in [1.54, 1.807) is 36.9 Å². The first-order valence-corrected chi connectivity index (χ1v) is 11.0. The largest absolute Gasteiger partial charge is 0.468 e. The van der Waals surface area contributed by atoms with Crippen LogP contribution in [0.1, 0.15) is 23.3 Å². The number of sulfone groups is 1. The summed E-state index contributed by atoms with van der Waals surface area (Å²) in [6.07, 6.45) is 1.94. The number of nitrogens with one attached hydrogen (secondary N) is 1. The summed E-state index contributed by atoms with van der Waals surface area (Å²) in [5.74, 6) is 0.216. The molecule has 1 N–H and O–H groups in total. The number of nitro groups is 1. The quantitative estimate of drug-likeness (QED) is 0.538. The van der Waals surface area contributed by atoms with Crippen LogP contribution in [0.2, 0.25) is 0 Å². The van der Waals surface area contributed by atoms with Gasteiger partial charge in [0.15, 0.2) is 9.84 Å². The van der Waals surface area contributed by atoms with Crippen LogP contribution < -0.4 is 5.32 Å². The molecule has 1 fully saturated rings. The van der Waals surface area contributed by atoms with E-state index < -0.39 is 20.7 Å². The molecule has 156 valence electrons. The maximum absolute atomic E-state index is 12.7. The number of rotatable bonds is 7. The van der Waals surface area contributed by atoms with Gasteiger partial charge in [0.2, 0.25) is 5.91 Å². The van der Waals surface area contributed by atoms with E-state index in [1.807, 2.05) is 0 Å². The third kappa shape index (κ3) is 5.21. The van der Waals surface area contributed by atoms with Crippen LogP contribution in [0.15, 0.2) is 34.9 Å². The molecule has 10 heteroatoms. The smallest absolute Gasteiger partial charge is 0.293 e. The molecule has 0 unspecified atom stereocenters. The second kappa shape index (κ2) is 8.34. The van der Waals surface area contributed by atoms with E-state index in [4.69, 9.17) is 4.42 Å². The molecule has 2 heterocycles. The Morgan fingerprint density at radius 1 is 1.34 bits per heavy atom. The van der Waals surface area contributed by atoms with E-state index in [-0.39, 0.29) is 42.0 Å². The second-order valence-electron chi connectivity index (χ2n) is 7.30. The summed E-state index contributed by atoms with van der Waals surface area (Å²) >= 11 is 0. The SMILES string of the molecule is Cc1cc(NC(=O)CN(Cc2ccco2)[C@H]2CCS(=O)(=O)C2)c([N+](=O)[O-])cc1C. The van der Waals surface area contributed by atoms with Gasteiger partial charge in [0.1, 0.15) is 11.4 Å². The molecule has 0 radical (unpaired) electrons. The first-order chi connectivity index (χ1) is 13.6. The molecule has 2 aromatic rings. The van der Waals surface area contributed by atoms with E-state index in [0.29, 0.717) is 12.2 Å². The number of carbonyl (C=O) groups is 1. The Kier molecular flexibility index (Phi) is 6.04. The summed E-state index contributed by atoms with van der Waals surface area (Å²) in [5, 5.41) is 14.0. The lowest BCUT2D eigenvalue weighted by Gasteiger charge is -2.26.